The van der Waals surface area contributed by atoms with Gasteiger partial charge < -0.3 is 5.32 Å². The molecule has 0 fully saturated rings. The van der Waals surface area contributed by atoms with Crippen LogP contribution in [-0.2, 0) is 4.79 Å². The molecule has 3 rings (SSSR count). The lowest BCUT2D eigenvalue weighted by Crippen LogP contribution is -2.44. The van der Waals surface area contributed by atoms with E-state index in [1.807, 2.05) is 13.8 Å². The molecule has 29 heavy (non-hydrogen) atoms. The molecular weight excluding hydrogens is 397 g/mol. The molecule has 152 valence electrons. The summed E-state index contributed by atoms with van der Waals surface area (Å²) in [6, 6.07) is 9.28. The van der Waals surface area contributed by atoms with E-state index >= 15 is 0 Å². The van der Waals surface area contributed by atoms with Gasteiger partial charge in [0.25, 0.3) is 5.56 Å². The molecule has 1 amide bonds. The van der Waals surface area contributed by atoms with Gasteiger partial charge in [0.15, 0.2) is 0 Å². The molecule has 0 radical (unpaired) electrons. The molecule has 1 heterocycles. The van der Waals surface area contributed by atoms with Crippen molar-refractivity contribution in [3.63, 3.8) is 0 Å². The average molecular weight is 418 g/mol. The largest absolute Gasteiger partial charge is 0.354 e. The standard InChI is InChI=1S/C21H21ClFN3O3/c1-12(2)11-24-19(27)13(3)25-18-7-5-4-6-15(18)20(28)26(21(25)29)14-8-9-17(23)16(22)10-14/h4-10,12-13H,11H2,1-3H3,(H,24,27)/t13-/m0/s1. The first kappa shape index (κ1) is 20.8. The zero-order valence-electron chi connectivity index (χ0n) is 16.3. The number of benzene rings is 2. The molecule has 0 unspecified atom stereocenters. The fourth-order valence-corrected chi connectivity index (χ4v) is 3.25. The summed E-state index contributed by atoms with van der Waals surface area (Å²) in [4.78, 5) is 39.0. The van der Waals surface area contributed by atoms with Gasteiger partial charge in [-0.25, -0.2) is 13.8 Å². The van der Waals surface area contributed by atoms with Crippen molar-refractivity contribution in [2.24, 2.45) is 5.92 Å². The Bertz CT molecular complexity index is 1200. The number of aromatic nitrogens is 2. The van der Waals surface area contributed by atoms with E-state index in [0.717, 1.165) is 10.6 Å². The Labute approximate surface area is 171 Å². The first-order valence-corrected chi connectivity index (χ1v) is 9.59. The summed E-state index contributed by atoms with van der Waals surface area (Å²) in [6.07, 6.45) is 0. The van der Waals surface area contributed by atoms with Gasteiger partial charge in [-0.2, -0.15) is 0 Å². The van der Waals surface area contributed by atoms with Gasteiger partial charge >= 0.3 is 5.69 Å². The third-order valence-corrected chi connectivity index (χ3v) is 4.90. The number of amides is 1. The number of para-hydroxylation sites is 1. The third-order valence-electron chi connectivity index (χ3n) is 4.61. The Morgan fingerprint density at radius 3 is 2.48 bits per heavy atom. The van der Waals surface area contributed by atoms with E-state index in [-0.39, 0.29) is 27.9 Å². The minimum absolute atomic E-state index is 0.126. The van der Waals surface area contributed by atoms with E-state index in [2.05, 4.69) is 5.32 Å². The molecule has 1 aromatic heterocycles. The predicted octanol–water partition coefficient (Wildman–Crippen LogP) is 3.28. The topological polar surface area (TPSA) is 73.1 Å². The second-order valence-corrected chi connectivity index (χ2v) is 7.63. The SMILES string of the molecule is CC(C)CNC(=O)[C@H](C)n1c(=O)n(-c2ccc(F)c(Cl)c2)c(=O)c2ccccc21. The molecule has 0 bridgehead atoms. The zero-order valence-corrected chi connectivity index (χ0v) is 17.0. The fourth-order valence-electron chi connectivity index (χ4n) is 3.08. The van der Waals surface area contributed by atoms with E-state index in [1.165, 1.54) is 16.7 Å². The molecule has 0 saturated heterocycles. The van der Waals surface area contributed by atoms with Gasteiger partial charge in [0.05, 0.1) is 21.6 Å². The van der Waals surface area contributed by atoms with Crippen molar-refractivity contribution < 1.29 is 9.18 Å². The van der Waals surface area contributed by atoms with Gasteiger partial charge in [-0.3, -0.25) is 14.2 Å². The molecule has 0 aliphatic rings. The lowest BCUT2D eigenvalue weighted by atomic mass is 10.2. The zero-order chi connectivity index (χ0) is 21.3. The Morgan fingerprint density at radius 2 is 1.83 bits per heavy atom. The molecule has 6 nitrogen and oxygen atoms in total. The van der Waals surface area contributed by atoms with Crippen molar-refractivity contribution in [3.8, 4) is 5.69 Å². The first-order chi connectivity index (χ1) is 13.7. The van der Waals surface area contributed by atoms with E-state index in [9.17, 15) is 18.8 Å². The Hall–Kier alpha value is -2.93. The molecule has 8 heteroatoms. The quantitative estimate of drug-likeness (QED) is 0.692. The molecular formula is C21H21ClFN3O3. The molecule has 0 saturated carbocycles. The fraction of sp³-hybridized carbons (Fsp3) is 0.286. The summed E-state index contributed by atoms with van der Waals surface area (Å²) in [6.45, 7) is 5.98. The van der Waals surface area contributed by atoms with Crippen LogP contribution in [0.25, 0.3) is 16.6 Å². The lowest BCUT2D eigenvalue weighted by Gasteiger charge is -2.20. The highest BCUT2D eigenvalue weighted by Crippen LogP contribution is 2.19. The first-order valence-electron chi connectivity index (χ1n) is 9.21. The number of nitrogens with zero attached hydrogens (tertiary/aromatic N) is 2. The van der Waals surface area contributed by atoms with Crippen LogP contribution >= 0.6 is 11.6 Å². The highest BCUT2D eigenvalue weighted by molar-refractivity contribution is 6.30. The average Bonchev–Trinajstić information content (AvgIpc) is 2.68. The van der Waals surface area contributed by atoms with Crippen LogP contribution in [0.3, 0.4) is 0 Å². The number of halogens is 2. The Morgan fingerprint density at radius 1 is 1.14 bits per heavy atom. The molecule has 1 atom stereocenters. The van der Waals surface area contributed by atoms with Crippen LogP contribution in [0, 0.1) is 11.7 Å². The number of rotatable bonds is 5. The normalized spacial score (nSPS) is 12.3. The van der Waals surface area contributed by atoms with Crippen LogP contribution in [0.2, 0.25) is 5.02 Å². The summed E-state index contributed by atoms with van der Waals surface area (Å²) in [5.74, 6) is -0.755. The highest BCUT2D eigenvalue weighted by Gasteiger charge is 2.23. The Balaban J connectivity index is 2.27. The molecule has 0 aliphatic carbocycles. The minimum Gasteiger partial charge on any atom is -0.354 e. The number of nitrogens with one attached hydrogen (secondary N) is 1. The summed E-state index contributed by atoms with van der Waals surface area (Å²) in [7, 11) is 0. The molecule has 0 spiro atoms. The van der Waals surface area contributed by atoms with Gasteiger partial charge in [0, 0.05) is 6.54 Å². The van der Waals surface area contributed by atoms with Crippen LogP contribution in [-0.4, -0.2) is 21.6 Å². The lowest BCUT2D eigenvalue weighted by molar-refractivity contribution is -0.124. The van der Waals surface area contributed by atoms with Crippen molar-refractivity contribution in [1.82, 2.24) is 14.5 Å². The molecule has 0 aliphatic heterocycles. The number of carbonyl (C=O) groups is 1. The monoisotopic (exact) mass is 417 g/mol. The van der Waals surface area contributed by atoms with Gasteiger partial charge in [0.1, 0.15) is 11.9 Å². The summed E-state index contributed by atoms with van der Waals surface area (Å²) in [5.41, 5.74) is -0.803. The number of hydrogen-bond acceptors (Lipinski definition) is 3. The second-order valence-electron chi connectivity index (χ2n) is 7.22. The van der Waals surface area contributed by atoms with Crippen molar-refractivity contribution in [2.45, 2.75) is 26.8 Å². The molecule has 3 aromatic rings. The van der Waals surface area contributed by atoms with Crippen molar-refractivity contribution >= 4 is 28.4 Å². The van der Waals surface area contributed by atoms with Gasteiger partial charge in [0.2, 0.25) is 5.91 Å². The smallest absolute Gasteiger partial charge is 0.336 e. The highest BCUT2D eigenvalue weighted by atomic mass is 35.5. The van der Waals surface area contributed by atoms with Crippen LogP contribution in [0.5, 0.6) is 0 Å². The maximum atomic E-state index is 13.6. The second kappa shape index (κ2) is 8.21. The third kappa shape index (κ3) is 3.96. The van der Waals surface area contributed by atoms with Gasteiger partial charge in [-0.1, -0.05) is 37.6 Å². The predicted molar refractivity (Wildman–Crippen MR) is 111 cm³/mol. The van der Waals surface area contributed by atoms with Crippen molar-refractivity contribution in [2.75, 3.05) is 6.54 Å². The van der Waals surface area contributed by atoms with Crippen molar-refractivity contribution in [3.05, 3.63) is 74.1 Å². The van der Waals surface area contributed by atoms with E-state index in [1.54, 1.807) is 31.2 Å². The summed E-state index contributed by atoms with van der Waals surface area (Å²) < 4.78 is 15.7. The van der Waals surface area contributed by atoms with Crippen LogP contribution in [0.4, 0.5) is 4.39 Å². The van der Waals surface area contributed by atoms with Crippen LogP contribution in [0.15, 0.2) is 52.1 Å². The summed E-state index contributed by atoms with van der Waals surface area (Å²) in [5, 5.41) is 2.85. The summed E-state index contributed by atoms with van der Waals surface area (Å²) >= 11 is 5.85. The molecule has 1 N–H and O–H groups in total. The maximum Gasteiger partial charge on any atom is 0.336 e. The molecule has 2 aromatic carbocycles. The van der Waals surface area contributed by atoms with Crippen LogP contribution < -0.4 is 16.6 Å². The van der Waals surface area contributed by atoms with Crippen LogP contribution in [0.1, 0.15) is 26.8 Å². The van der Waals surface area contributed by atoms with E-state index in [0.29, 0.717) is 12.1 Å². The van der Waals surface area contributed by atoms with Gasteiger partial charge in [-0.05, 0) is 43.2 Å². The van der Waals surface area contributed by atoms with Gasteiger partial charge in [-0.15, -0.1) is 0 Å². The minimum atomic E-state index is -0.867. The maximum absolute atomic E-state index is 13.6. The Kier molecular flexibility index (Phi) is 5.88. The number of hydrogen-bond donors (Lipinski definition) is 1. The number of carbonyl (C=O) groups excluding carboxylic acids is 1. The van der Waals surface area contributed by atoms with E-state index in [4.69, 9.17) is 11.6 Å². The van der Waals surface area contributed by atoms with E-state index < -0.39 is 23.1 Å². The number of fused-ring (bicyclic) bond motifs is 1. The van der Waals surface area contributed by atoms with Crippen molar-refractivity contribution in [1.29, 1.82) is 0 Å².